The first-order valence-electron chi connectivity index (χ1n) is 10.1. The van der Waals surface area contributed by atoms with Gasteiger partial charge in [-0.05, 0) is 42.8 Å². The van der Waals surface area contributed by atoms with Crippen LogP contribution in [0, 0.1) is 6.92 Å². The average molecular weight is 500 g/mol. The Hall–Kier alpha value is -3.63. The average Bonchev–Trinajstić information content (AvgIpc) is 3.39. The van der Waals surface area contributed by atoms with Gasteiger partial charge in [-0.2, -0.15) is 0 Å². The van der Waals surface area contributed by atoms with Gasteiger partial charge in [0.1, 0.15) is 10.6 Å². The lowest BCUT2D eigenvalue weighted by Gasteiger charge is -2.23. The Morgan fingerprint density at radius 2 is 1.74 bits per heavy atom. The van der Waals surface area contributed by atoms with Crippen LogP contribution in [0.1, 0.15) is 32.7 Å². The van der Waals surface area contributed by atoms with E-state index >= 15 is 0 Å². The molecule has 1 aliphatic rings. The molecule has 0 saturated heterocycles. The van der Waals surface area contributed by atoms with Crippen LogP contribution in [0.2, 0.25) is 5.02 Å². The molecule has 3 heterocycles. The van der Waals surface area contributed by atoms with Crippen molar-refractivity contribution in [3.8, 4) is 17.2 Å². The van der Waals surface area contributed by atoms with E-state index in [-0.39, 0.29) is 27.7 Å². The highest BCUT2D eigenvalue weighted by molar-refractivity contribution is 7.15. The molecule has 9 nitrogen and oxygen atoms in total. The number of nitrogens with zero attached hydrogens (tertiary/aromatic N) is 3. The normalized spacial score (nSPS) is 15.0. The predicted octanol–water partition coefficient (Wildman–Crippen LogP) is 4.38. The summed E-state index contributed by atoms with van der Waals surface area (Å²) in [7, 11) is 4.48. The van der Waals surface area contributed by atoms with Gasteiger partial charge in [0, 0.05) is 5.02 Å². The van der Waals surface area contributed by atoms with Gasteiger partial charge in [0.25, 0.3) is 5.91 Å². The number of benzene rings is 2. The molecule has 0 saturated carbocycles. The molecule has 2 aromatic heterocycles. The maximum absolute atomic E-state index is 13.7. The lowest BCUT2D eigenvalue weighted by Crippen LogP contribution is -2.29. The first-order chi connectivity index (χ1) is 16.4. The summed E-state index contributed by atoms with van der Waals surface area (Å²) in [6.07, 6.45) is 0. The second-order valence-corrected chi connectivity index (χ2v) is 9.05. The van der Waals surface area contributed by atoms with Crippen LogP contribution in [0.4, 0.5) is 5.13 Å². The molecule has 0 bridgehead atoms. The zero-order valence-corrected chi connectivity index (χ0v) is 20.1. The Bertz CT molecular complexity index is 1490. The lowest BCUT2D eigenvalue weighted by molar-refractivity contribution is 0.0970. The SMILES string of the molecule is COc1cc(C2c3c(oc4ccc(Cl)cc4c3=O)C(=O)N2c2nnc(C)s2)cc(OC)c1OC. The Morgan fingerprint density at radius 1 is 1.03 bits per heavy atom. The third-order valence-corrected chi connectivity index (χ3v) is 6.63. The summed E-state index contributed by atoms with van der Waals surface area (Å²) in [5, 5.41) is 9.85. The monoisotopic (exact) mass is 499 g/mol. The lowest BCUT2D eigenvalue weighted by atomic mass is 9.98. The molecule has 1 amide bonds. The molecule has 5 rings (SSSR count). The number of hydrogen-bond acceptors (Lipinski definition) is 9. The molecule has 0 fully saturated rings. The highest BCUT2D eigenvalue weighted by atomic mass is 35.5. The van der Waals surface area contributed by atoms with Gasteiger partial charge >= 0.3 is 0 Å². The highest BCUT2D eigenvalue weighted by Crippen LogP contribution is 2.46. The van der Waals surface area contributed by atoms with Gasteiger partial charge in [0.15, 0.2) is 16.9 Å². The van der Waals surface area contributed by atoms with Crippen molar-refractivity contribution in [3.05, 3.63) is 67.5 Å². The van der Waals surface area contributed by atoms with Gasteiger partial charge in [-0.15, -0.1) is 10.2 Å². The Kier molecular flexibility index (Phi) is 5.41. The molecule has 1 unspecified atom stereocenters. The van der Waals surface area contributed by atoms with E-state index in [1.807, 2.05) is 0 Å². The van der Waals surface area contributed by atoms with E-state index < -0.39 is 11.9 Å². The topological polar surface area (TPSA) is 104 Å². The van der Waals surface area contributed by atoms with Crippen molar-refractivity contribution in [3.63, 3.8) is 0 Å². The van der Waals surface area contributed by atoms with Crippen LogP contribution in [0.15, 0.2) is 39.5 Å². The summed E-state index contributed by atoms with van der Waals surface area (Å²) < 4.78 is 22.4. The summed E-state index contributed by atoms with van der Waals surface area (Å²) in [6, 6.07) is 7.20. The molecule has 0 spiro atoms. The molecule has 2 aromatic carbocycles. The first-order valence-corrected chi connectivity index (χ1v) is 11.3. The second-order valence-electron chi connectivity index (χ2n) is 7.45. The molecule has 34 heavy (non-hydrogen) atoms. The van der Waals surface area contributed by atoms with Gasteiger partial charge in [0.05, 0.1) is 38.3 Å². The number of rotatable bonds is 5. The molecular formula is C23H18ClN3O6S. The molecule has 11 heteroatoms. The summed E-state index contributed by atoms with van der Waals surface area (Å²) in [5.74, 6) is 0.568. The van der Waals surface area contributed by atoms with Crippen LogP contribution >= 0.6 is 22.9 Å². The second kappa shape index (κ2) is 8.30. The predicted molar refractivity (Wildman–Crippen MR) is 127 cm³/mol. The minimum absolute atomic E-state index is 0.0635. The standard InChI is InChI=1S/C23H18ClN3O6S/c1-10-25-26-23(34-10)27-18(11-7-15(30-2)20(32-4)16(8-11)31-3)17-19(28)13-9-12(24)5-6-14(13)33-21(17)22(27)29/h5-9,18H,1-4H3. The van der Waals surface area contributed by atoms with Gasteiger partial charge in [-0.1, -0.05) is 22.9 Å². The molecular weight excluding hydrogens is 482 g/mol. The van der Waals surface area contributed by atoms with E-state index in [0.717, 1.165) is 0 Å². The zero-order valence-electron chi connectivity index (χ0n) is 18.5. The van der Waals surface area contributed by atoms with E-state index in [9.17, 15) is 9.59 Å². The maximum Gasteiger partial charge on any atom is 0.297 e. The number of aromatic nitrogens is 2. The number of fused-ring (bicyclic) bond motifs is 2. The van der Waals surface area contributed by atoms with Crippen LogP contribution in [-0.4, -0.2) is 37.4 Å². The quantitative estimate of drug-likeness (QED) is 0.398. The van der Waals surface area contributed by atoms with Crippen LogP contribution < -0.4 is 24.5 Å². The molecule has 1 atom stereocenters. The summed E-state index contributed by atoms with van der Waals surface area (Å²) >= 11 is 7.37. The molecule has 0 N–H and O–H groups in total. The number of methoxy groups -OCH3 is 3. The molecule has 1 aliphatic heterocycles. The van der Waals surface area contributed by atoms with Gasteiger partial charge in [0.2, 0.25) is 16.6 Å². The van der Waals surface area contributed by atoms with Crippen LogP contribution in [0.3, 0.4) is 0 Å². The number of halogens is 1. The number of carbonyl (C=O) groups is 1. The fraction of sp³-hybridized carbons (Fsp3) is 0.217. The van der Waals surface area contributed by atoms with E-state index in [0.29, 0.717) is 38.0 Å². The first kappa shape index (κ1) is 22.2. The Balaban J connectivity index is 1.84. The van der Waals surface area contributed by atoms with Crippen molar-refractivity contribution in [2.45, 2.75) is 13.0 Å². The molecule has 4 aromatic rings. The van der Waals surface area contributed by atoms with Crippen molar-refractivity contribution in [2.24, 2.45) is 0 Å². The van der Waals surface area contributed by atoms with E-state index in [1.165, 1.54) is 43.6 Å². The van der Waals surface area contributed by atoms with Crippen LogP contribution in [-0.2, 0) is 0 Å². The van der Waals surface area contributed by atoms with Crippen molar-refractivity contribution in [1.82, 2.24) is 10.2 Å². The number of carbonyl (C=O) groups excluding carboxylic acids is 1. The summed E-state index contributed by atoms with van der Waals surface area (Å²) in [5.41, 5.74) is 0.611. The van der Waals surface area contributed by atoms with Gasteiger partial charge in [-0.3, -0.25) is 14.5 Å². The van der Waals surface area contributed by atoms with Crippen molar-refractivity contribution < 1.29 is 23.4 Å². The number of hydrogen-bond donors (Lipinski definition) is 0. The van der Waals surface area contributed by atoms with Gasteiger partial charge in [-0.25, -0.2) is 0 Å². The van der Waals surface area contributed by atoms with Crippen LogP contribution in [0.25, 0.3) is 11.0 Å². The Morgan fingerprint density at radius 3 is 2.32 bits per heavy atom. The van der Waals surface area contributed by atoms with Crippen molar-refractivity contribution in [2.75, 3.05) is 26.2 Å². The van der Waals surface area contributed by atoms with Crippen molar-refractivity contribution >= 4 is 44.9 Å². The number of aryl methyl sites for hydroxylation is 1. The van der Waals surface area contributed by atoms with Gasteiger partial charge < -0.3 is 18.6 Å². The molecule has 174 valence electrons. The fourth-order valence-corrected chi connectivity index (χ4v) is 4.99. The van der Waals surface area contributed by atoms with E-state index in [1.54, 1.807) is 31.2 Å². The van der Waals surface area contributed by atoms with Crippen LogP contribution in [0.5, 0.6) is 17.2 Å². The Labute approximate surface area is 202 Å². The highest BCUT2D eigenvalue weighted by Gasteiger charge is 2.45. The number of amides is 1. The minimum Gasteiger partial charge on any atom is -0.493 e. The summed E-state index contributed by atoms with van der Waals surface area (Å²) in [6.45, 7) is 1.78. The van der Waals surface area contributed by atoms with E-state index in [4.69, 9.17) is 30.2 Å². The smallest absolute Gasteiger partial charge is 0.297 e. The van der Waals surface area contributed by atoms with E-state index in [2.05, 4.69) is 10.2 Å². The molecule has 0 radical (unpaired) electrons. The zero-order chi connectivity index (χ0) is 24.1. The minimum atomic E-state index is -0.872. The summed E-state index contributed by atoms with van der Waals surface area (Å²) in [4.78, 5) is 28.7. The third kappa shape index (κ3) is 3.29. The third-order valence-electron chi connectivity index (χ3n) is 5.56. The van der Waals surface area contributed by atoms with Crippen molar-refractivity contribution in [1.29, 1.82) is 0 Å². The number of anilines is 1. The maximum atomic E-state index is 13.7. The largest absolute Gasteiger partial charge is 0.493 e. The number of ether oxygens (including phenoxy) is 3. The fourth-order valence-electron chi connectivity index (χ4n) is 4.10. The molecule has 0 aliphatic carbocycles.